The first-order chi connectivity index (χ1) is 15.1. The van der Waals surface area contributed by atoms with Crippen molar-refractivity contribution in [3.8, 4) is 0 Å². The summed E-state index contributed by atoms with van der Waals surface area (Å²) in [5.74, 6) is 0.617. The van der Waals surface area contributed by atoms with Crippen LogP contribution < -0.4 is 10.6 Å². The van der Waals surface area contributed by atoms with Gasteiger partial charge >= 0.3 is 0 Å². The van der Waals surface area contributed by atoms with E-state index in [1.807, 2.05) is 37.3 Å². The number of hydrogen-bond donors (Lipinski definition) is 2. The van der Waals surface area contributed by atoms with Crippen LogP contribution in [-0.4, -0.2) is 15.9 Å². The van der Waals surface area contributed by atoms with Gasteiger partial charge in [-0.3, -0.25) is 4.79 Å². The number of halogens is 1. The van der Waals surface area contributed by atoms with Gasteiger partial charge < -0.3 is 10.6 Å². The molecular weight excluding hydrogens is 428 g/mol. The third kappa shape index (κ3) is 4.01. The van der Waals surface area contributed by atoms with E-state index in [4.69, 9.17) is 11.6 Å². The van der Waals surface area contributed by atoms with Crippen molar-refractivity contribution >= 4 is 56.3 Å². The molecule has 5 rings (SSSR count). The van der Waals surface area contributed by atoms with Gasteiger partial charge in [-0.1, -0.05) is 23.7 Å². The Balaban J connectivity index is 1.46. The topological polar surface area (TPSA) is 66.9 Å². The average Bonchev–Trinajstić information content (AvgIpc) is 3.15. The lowest BCUT2D eigenvalue weighted by molar-refractivity contribution is 0.102. The Labute approximate surface area is 189 Å². The van der Waals surface area contributed by atoms with Gasteiger partial charge in [0.05, 0.1) is 5.39 Å². The summed E-state index contributed by atoms with van der Waals surface area (Å²) in [6.07, 6.45) is 6.23. The van der Waals surface area contributed by atoms with Gasteiger partial charge in [0.15, 0.2) is 0 Å². The van der Waals surface area contributed by atoms with Crippen molar-refractivity contribution in [3.05, 3.63) is 75.4 Å². The molecule has 7 heteroatoms. The van der Waals surface area contributed by atoms with Crippen LogP contribution >= 0.6 is 22.9 Å². The summed E-state index contributed by atoms with van der Waals surface area (Å²) in [6.45, 7) is 2.02. The van der Waals surface area contributed by atoms with E-state index in [1.54, 1.807) is 29.8 Å². The largest absolute Gasteiger partial charge is 0.339 e. The van der Waals surface area contributed by atoms with E-state index >= 15 is 0 Å². The number of aromatic nitrogens is 2. The summed E-state index contributed by atoms with van der Waals surface area (Å²) >= 11 is 7.80. The molecule has 2 N–H and O–H groups in total. The summed E-state index contributed by atoms with van der Waals surface area (Å²) in [6, 6.07) is 12.7. The van der Waals surface area contributed by atoms with Crippen molar-refractivity contribution in [1.29, 1.82) is 0 Å². The quantitative estimate of drug-likeness (QED) is 0.372. The Kier molecular flexibility index (Phi) is 5.34. The molecule has 0 fully saturated rings. The molecule has 2 aromatic carbocycles. The lowest BCUT2D eigenvalue weighted by atomic mass is 9.97. The summed E-state index contributed by atoms with van der Waals surface area (Å²) < 4.78 is 0. The van der Waals surface area contributed by atoms with E-state index in [0.717, 1.165) is 40.1 Å². The number of benzene rings is 2. The predicted molar refractivity (Wildman–Crippen MR) is 128 cm³/mol. The van der Waals surface area contributed by atoms with Gasteiger partial charge in [0.1, 0.15) is 17.0 Å². The Morgan fingerprint density at radius 1 is 1.10 bits per heavy atom. The second-order valence-electron chi connectivity index (χ2n) is 7.73. The number of aryl methyl sites for hydroxylation is 3. The molecule has 0 radical (unpaired) electrons. The molecule has 2 aromatic heterocycles. The minimum Gasteiger partial charge on any atom is -0.339 e. The van der Waals surface area contributed by atoms with Crippen LogP contribution in [0.5, 0.6) is 0 Å². The van der Waals surface area contributed by atoms with Gasteiger partial charge in [-0.05, 0) is 74.1 Å². The SMILES string of the molecule is Cc1ccc(C(=O)Nc2cccc(Cl)c2)cc1Nc1ncnc2sc3c(c12)CCCC3. The second kappa shape index (κ2) is 8.29. The molecule has 156 valence electrons. The van der Waals surface area contributed by atoms with E-state index in [2.05, 4.69) is 20.6 Å². The predicted octanol–water partition coefficient (Wildman–Crippen LogP) is 6.53. The van der Waals surface area contributed by atoms with Crippen molar-refractivity contribution < 1.29 is 4.79 Å². The summed E-state index contributed by atoms with van der Waals surface area (Å²) in [5, 5.41) is 8.08. The summed E-state index contributed by atoms with van der Waals surface area (Å²) in [5.41, 5.74) is 4.49. The van der Waals surface area contributed by atoms with Crippen LogP contribution in [0, 0.1) is 6.92 Å². The summed E-state index contributed by atoms with van der Waals surface area (Å²) in [7, 11) is 0. The minimum atomic E-state index is -0.189. The van der Waals surface area contributed by atoms with E-state index in [9.17, 15) is 4.79 Å². The second-order valence-corrected chi connectivity index (χ2v) is 9.25. The summed E-state index contributed by atoms with van der Waals surface area (Å²) in [4.78, 5) is 24.3. The zero-order valence-corrected chi connectivity index (χ0v) is 18.6. The number of nitrogens with one attached hydrogen (secondary N) is 2. The number of anilines is 3. The molecule has 5 nitrogen and oxygen atoms in total. The highest BCUT2D eigenvalue weighted by Gasteiger charge is 2.20. The van der Waals surface area contributed by atoms with Crippen molar-refractivity contribution in [2.75, 3.05) is 10.6 Å². The molecule has 1 amide bonds. The number of carbonyl (C=O) groups is 1. The van der Waals surface area contributed by atoms with Gasteiger partial charge in [0.25, 0.3) is 5.91 Å². The average molecular weight is 449 g/mol. The molecular formula is C24H21ClN4OS. The van der Waals surface area contributed by atoms with Crippen LogP contribution in [0.2, 0.25) is 5.02 Å². The molecule has 1 aliphatic rings. The first kappa shape index (κ1) is 20.0. The third-order valence-electron chi connectivity index (χ3n) is 5.59. The van der Waals surface area contributed by atoms with Crippen LogP contribution in [0.25, 0.3) is 10.2 Å². The fourth-order valence-corrected chi connectivity index (χ4v) is 5.40. The van der Waals surface area contributed by atoms with Crippen molar-refractivity contribution in [2.45, 2.75) is 32.6 Å². The highest BCUT2D eigenvalue weighted by Crippen LogP contribution is 2.39. The third-order valence-corrected chi connectivity index (χ3v) is 7.02. The maximum atomic E-state index is 12.8. The van der Waals surface area contributed by atoms with E-state index in [1.165, 1.54) is 23.3 Å². The maximum Gasteiger partial charge on any atom is 0.255 e. The molecule has 0 saturated carbocycles. The number of rotatable bonds is 4. The Hall–Kier alpha value is -2.96. The number of hydrogen-bond acceptors (Lipinski definition) is 5. The van der Waals surface area contributed by atoms with Crippen molar-refractivity contribution in [2.24, 2.45) is 0 Å². The molecule has 4 aromatic rings. The van der Waals surface area contributed by atoms with Crippen LogP contribution in [0.1, 0.15) is 39.2 Å². The molecule has 31 heavy (non-hydrogen) atoms. The first-order valence-electron chi connectivity index (χ1n) is 10.3. The fourth-order valence-electron chi connectivity index (χ4n) is 3.98. The lowest BCUT2D eigenvalue weighted by Crippen LogP contribution is -2.12. The smallest absolute Gasteiger partial charge is 0.255 e. The molecule has 0 aliphatic heterocycles. The van der Waals surface area contributed by atoms with Gasteiger partial charge in [-0.2, -0.15) is 0 Å². The van der Waals surface area contributed by atoms with Crippen LogP contribution in [-0.2, 0) is 12.8 Å². The van der Waals surface area contributed by atoms with Crippen LogP contribution in [0.3, 0.4) is 0 Å². The lowest BCUT2D eigenvalue weighted by Gasteiger charge is -2.14. The molecule has 0 spiro atoms. The van der Waals surface area contributed by atoms with Crippen LogP contribution in [0.4, 0.5) is 17.2 Å². The standard InChI is InChI=1S/C24H21ClN4OS/c1-14-9-10-15(23(30)28-17-6-4-5-16(25)12-17)11-19(14)29-22-21-18-7-2-3-8-20(18)31-24(21)27-13-26-22/h4-6,9-13H,2-3,7-8H2,1H3,(H,28,30)(H,26,27,29). The molecule has 0 unspecified atom stereocenters. The molecule has 0 bridgehead atoms. The van der Waals surface area contributed by atoms with Crippen molar-refractivity contribution in [3.63, 3.8) is 0 Å². The zero-order chi connectivity index (χ0) is 21.4. The van der Waals surface area contributed by atoms with Gasteiger partial charge in [0.2, 0.25) is 0 Å². The number of nitrogens with zero attached hydrogens (tertiary/aromatic N) is 2. The zero-order valence-electron chi connectivity index (χ0n) is 17.0. The van der Waals surface area contributed by atoms with E-state index < -0.39 is 0 Å². The highest BCUT2D eigenvalue weighted by molar-refractivity contribution is 7.19. The Morgan fingerprint density at radius 2 is 1.97 bits per heavy atom. The normalized spacial score (nSPS) is 13.1. The van der Waals surface area contributed by atoms with Gasteiger partial charge in [-0.15, -0.1) is 11.3 Å². The van der Waals surface area contributed by atoms with E-state index in [0.29, 0.717) is 16.3 Å². The van der Waals surface area contributed by atoms with Gasteiger partial charge in [-0.25, -0.2) is 9.97 Å². The maximum absolute atomic E-state index is 12.8. The molecule has 0 atom stereocenters. The molecule has 0 saturated heterocycles. The highest BCUT2D eigenvalue weighted by atomic mass is 35.5. The van der Waals surface area contributed by atoms with Crippen molar-refractivity contribution in [1.82, 2.24) is 9.97 Å². The number of thiophene rings is 1. The first-order valence-corrected chi connectivity index (χ1v) is 11.5. The fraction of sp³-hybridized carbons (Fsp3) is 0.208. The molecule has 1 aliphatic carbocycles. The van der Waals surface area contributed by atoms with E-state index in [-0.39, 0.29) is 5.91 Å². The molecule has 2 heterocycles. The minimum absolute atomic E-state index is 0.189. The Bertz CT molecular complexity index is 1300. The Morgan fingerprint density at radius 3 is 2.84 bits per heavy atom. The number of fused-ring (bicyclic) bond motifs is 3. The monoisotopic (exact) mass is 448 g/mol. The van der Waals surface area contributed by atoms with Crippen LogP contribution in [0.15, 0.2) is 48.8 Å². The van der Waals surface area contributed by atoms with Gasteiger partial charge in [0, 0.05) is 26.8 Å². The number of carbonyl (C=O) groups excluding carboxylic acids is 1. The number of amides is 1.